The van der Waals surface area contributed by atoms with Gasteiger partial charge in [0.05, 0.1) is 11.4 Å². The van der Waals surface area contributed by atoms with E-state index in [1.54, 1.807) is 18.2 Å². The van der Waals surface area contributed by atoms with Crippen LogP contribution in [0.25, 0.3) is 0 Å². The van der Waals surface area contributed by atoms with E-state index in [2.05, 4.69) is 5.32 Å². The van der Waals surface area contributed by atoms with E-state index in [-0.39, 0.29) is 37.1 Å². The van der Waals surface area contributed by atoms with Crippen LogP contribution in [0.2, 0.25) is 0 Å². The Balaban J connectivity index is 1.72. The number of nitrogens with zero attached hydrogens (tertiary/aromatic N) is 2. The first kappa shape index (κ1) is 28.0. The number of hydrogen-bond donors (Lipinski definition) is 1. The maximum absolute atomic E-state index is 14.0. The van der Waals surface area contributed by atoms with Crippen LogP contribution >= 0.6 is 0 Å². The van der Waals surface area contributed by atoms with Crippen LogP contribution in [0.3, 0.4) is 0 Å². The number of benzene rings is 3. The van der Waals surface area contributed by atoms with Crippen LogP contribution < -0.4 is 19.1 Å². The van der Waals surface area contributed by atoms with Gasteiger partial charge in [0.25, 0.3) is 0 Å². The van der Waals surface area contributed by atoms with Crippen LogP contribution in [0.15, 0.2) is 72.8 Å². The monoisotopic (exact) mass is 551 g/mol. The molecule has 0 spiro atoms. The summed E-state index contributed by atoms with van der Waals surface area (Å²) in [5.74, 6) is -0.153. The number of hydrogen-bond acceptors (Lipinski definition) is 6. The average Bonchev–Trinajstić information content (AvgIpc) is 3.42. The molecule has 1 aliphatic heterocycles. The molecule has 9 nitrogen and oxygen atoms in total. The molecule has 0 aliphatic carbocycles. The Bertz CT molecular complexity index is 1410. The summed E-state index contributed by atoms with van der Waals surface area (Å²) >= 11 is 0. The number of anilines is 1. The summed E-state index contributed by atoms with van der Waals surface area (Å²) in [7, 11) is -2.34. The van der Waals surface area contributed by atoms with Crippen molar-refractivity contribution in [3.63, 3.8) is 0 Å². The maximum Gasteiger partial charge on any atom is 0.244 e. The molecule has 0 radical (unpaired) electrons. The largest absolute Gasteiger partial charge is 0.454 e. The molecule has 206 valence electrons. The topological polar surface area (TPSA) is 105 Å². The minimum Gasteiger partial charge on any atom is -0.454 e. The van der Waals surface area contributed by atoms with Crippen molar-refractivity contribution < 1.29 is 27.5 Å². The van der Waals surface area contributed by atoms with E-state index < -0.39 is 28.5 Å². The second kappa shape index (κ2) is 12.2. The predicted octanol–water partition coefficient (Wildman–Crippen LogP) is 3.27. The molecule has 1 N–H and O–H groups in total. The van der Waals surface area contributed by atoms with Gasteiger partial charge in [0.1, 0.15) is 12.6 Å². The van der Waals surface area contributed by atoms with Crippen LogP contribution in [0, 0.1) is 6.92 Å². The predicted molar refractivity (Wildman–Crippen MR) is 149 cm³/mol. The lowest BCUT2D eigenvalue weighted by Gasteiger charge is -2.33. The Morgan fingerprint density at radius 2 is 1.64 bits per heavy atom. The van der Waals surface area contributed by atoms with Crippen molar-refractivity contribution in [1.29, 1.82) is 0 Å². The van der Waals surface area contributed by atoms with Gasteiger partial charge in [-0.1, -0.05) is 60.2 Å². The lowest BCUT2D eigenvalue weighted by molar-refractivity contribution is -0.139. The zero-order chi connectivity index (χ0) is 28.0. The van der Waals surface area contributed by atoms with Gasteiger partial charge in [0.15, 0.2) is 11.5 Å². The fourth-order valence-electron chi connectivity index (χ4n) is 4.37. The quantitative estimate of drug-likeness (QED) is 0.392. The molecule has 0 aromatic heterocycles. The number of ether oxygens (including phenoxy) is 2. The number of amides is 2. The molecule has 3 aromatic rings. The molecular weight excluding hydrogens is 518 g/mol. The highest BCUT2D eigenvalue weighted by atomic mass is 32.2. The van der Waals surface area contributed by atoms with E-state index in [1.165, 1.54) is 18.9 Å². The van der Waals surface area contributed by atoms with Crippen LogP contribution in [0.1, 0.15) is 23.6 Å². The normalized spacial score (nSPS) is 13.0. The Kier molecular flexibility index (Phi) is 8.75. The van der Waals surface area contributed by atoms with E-state index in [0.717, 1.165) is 21.0 Å². The lowest BCUT2D eigenvalue weighted by Crippen LogP contribution is -2.53. The number of carbonyl (C=O) groups is 2. The fourth-order valence-corrected chi connectivity index (χ4v) is 5.42. The van der Waals surface area contributed by atoms with Crippen LogP contribution in [0.5, 0.6) is 11.5 Å². The van der Waals surface area contributed by atoms with E-state index in [1.807, 2.05) is 61.5 Å². The number of rotatable bonds is 11. The Labute approximate surface area is 229 Å². The summed E-state index contributed by atoms with van der Waals surface area (Å²) in [6.07, 6.45) is 0.267. The smallest absolute Gasteiger partial charge is 0.244 e. The van der Waals surface area contributed by atoms with Gasteiger partial charge in [-0.2, -0.15) is 0 Å². The molecule has 39 heavy (non-hydrogen) atoms. The second-order valence-electron chi connectivity index (χ2n) is 9.27. The number of likely N-dealkylation sites (N-methyl/N-ethyl adjacent to an activating group) is 1. The highest BCUT2D eigenvalue weighted by Gasteiger charge is 2.33. The van der Waals surface area contributed by atoms with Crippen LogP contribution in [-0.4, -0.2) is 57.3 Å². The molecular formula is C29H33N3O6S. The summed E-state index contributed by atoms with van der Waals surface area (Å²) in [6.45, 7) is 3.17. The third-order valence-electron chi connectivity index (χ3n) is 6.61. The molecule has 2 amide bonds. The van der Waals surface area contributed by atoms with E-state index in [9.17, 15) is 18.0 Å². The van der Waals surface area contributed by atoms with Crippen LogP contribution in [0.4, 0.5) is 5.69 Å². The van der Waals surface area contributed by atoms with Gasteiger partial charge in [0, 0.05) is 26.1 Å². The van der Waals surface area contributed by atoms with Gasteiger partial charge in [0.2, 0.25) is 28.6 Å². The van der Waals surface area contributed by atoms with Gasteiger partial charge in [-0.15, -0.1) is 0 Å². The third kappa shape index (κ3) is 6.69. The number of fused-ring (bicyclic) bond motifs is 1. The molecule has 0 fully saturated rings. The molecule has 0 bridgehead atoms. The van der Waals surface area contributed by atoms with E-state index >= 15 is 0 Å². The molecule has 10 heteroatoms. The lowest BCUT2D eigenvalue weighted by atomic mass is 10.0. The molecule has 3 aromatic carbocycles. The van der Waals surface area contributed by atoms with Crippen molar-refractivity contribution in [2.75, 3.05) is 30.4 Å². The van der Waals surface area contributed by atoms with Crippen molar-refractivity contribution in [2.45, 2.75) is 32.9 Å². The van der Waals surface area contributed by atoms with E-state index in [0.29, 0.717) is 11.5 Å². The number of carbonyl (C=O) groups excluding carboxylic acids is 2. The highest BCUT2D eigenvalue weighted by molar-refractivity contribution is 7.92. The summed E-state index contributed by atoms with van der Waals surface area (Å²) in [4.78, 5) is 28.7. The number of nitrogens with one attached hydrogen (secondary N) is 1. The van der Waals surface area contributed by atoms with Crippen LogP contribution in [-0.2, 0) is 32.6 Å². The molecule has 0 saturated carbocycles. The molecule has 1 atom stereocenters. The second-order valence-corrected chi connectivity index (χ2v) is 11.5. The van der Waals surface area contributed by atoms with E-state index in [4.69, 9.17) is 9.47 Å². The summed E-state index contributed by atoms with van der Waals surface area (Å²) in [5.41, 5.74) is 3.04. The SMILES string of the molecule is CCS(=O)(=O)N(CC(=O)N(Cc1ccc(C)cc1)[C@@H](Cc1ccccc1)C(=O)NC)c1ccc2c(c1)OCO2. The molecule has 1 aliphatic rings. The fraction of sp³-hybridized carbons (Fsp3) is 0.310. The van der Waals surface area contributed by atoms with Gasteiger partial charge in [-0.3, -0.25) is 13.9 Å². The van der Waals surface area contributed by atoms with Gasteiger partial charge < -0.3 is 19.7 Å². The first-order valence-corrected chi connectivity index (χ1v) is 14.3. The Morgan fingerprint density at radius 1 is 0.949 bits per heavy atom. The molecule has 4 rings (SSSR count). The van der Waals surface area contributed by atoms with Gasteiger partial charge >= 0.3 is 0 Å². The van der Waals surface area contributed by atoms with Crippen molar-refractivity contribution in [3.05, 3.63) is 89.5 Å². The third-order valence-corrected chi connectivity index (χ3v) is 8.36. The zero-order valence-corrected chi connectivity index (χ0v) is 23.1. The summed E-state index contributed by atoms with van der Waals surface area (Å²) < 4.78 is 38.3. The number of sulfonamides is 1. The Hall–Kier alpha value is -4.05. The van der Waals surface area contributed by atoms with Gasteiger partial charge in [-0.05, 0) is 37.1 Å². The minimum atomic E-state index is -3.86. The van der Waals surface area contributed by atoms with Crippen molar-refractivity contribution >= 4 is 27.5 Å². The molecule has 1 heterocycles. The van der Waals surface area contributed by atoms with Crippen molar-refractivity contribution in [2.24, 2.45) is 0 Å². The first-order chi connectivity index (χ1) is 18.7. The number of aryl methyl sites for hydroxylation is 1. The zero-order valence-electron chi connectivity index (χ0n) is 22.3. The molecule has 0 saturated heterocycles. The summed E-state index contributed by atoms with van der Waals surface area (Å²) in [5, 5.41) is 2.68. The maximum atomic E-state index is 14.0. The minimum absolute atomic E-state index is 0.0376. The average molecular weight is 552 g/mol. The standard InChI is InChI=1S/C29H33N3O6S/c1-4-39(35,36)32(24-14-15-26-27(17-24)38-20-37-26)19-28(33)31(18-23-12-10-21(2)11-13-23)25(29(34)30-3)16-22-8-6-5-7-9-22/h5-15,17,25H,4,16,18-20H2,1-3H3,(H,30,34)/t25-/m0/s1. The Morgan fingerprint density at radius 3 is 2.31 bits per heavy atom. The van der Waals surface area contributed by atoms with Crippen molar-refractivity contribution in [3.8, 4) is 11.5 Å². The summed E-state index contributed by atoms with van der Waals surface area (Å²) in [6, 6.07) is 21.0. The highest BCUT2D eigenvalue weighted by Crippen LogP contribution is 2.36. The van der Waals surface area contributed by atoms with Gasteiger partial charge in [-0.25, -0.2) is 8.42 Å². The molecule has 0 unspecified atom stereocenters. The van der Waals surface area contributed by atoms with Crippen molar-refractivity contribution in [1.82, 2.24) is 10.2 Å². The first-order valence-electron chi connectivity index (χ1n) is 12.7.